The molecule has 2 saturated carbocycles. The van der Waals surface area contributed by atoms with E-state index in [1.54, 1.807) is 6.92 Å². The normalized spacial score (nSPS) is 31.2. The molecule has 0 N–H and O–H groups in total. The van der Waals surface area contributed by atoms with Gasteiger partial charge in [0.2, 0.25) is 11.8 Å². The summed E-state index contributed by atoms with van der Waals surface area (Å²) in [6.07, 6.45) is 6.58. The number of piperazine rings is 1. The minimum absolute atomic E-state index is 0.132. The Hall–Kier alpha value is -1.10. The van der Waals surface area contributed by atoms with Crippen molar-refractivity contribution in [3.8, 4) is 0 Å². The summed E-state index contributed by atoms with van der Waals surface area (Å²) in [4.78, 5) is 32.3. The minimum Gasteiger partial charge on any atom is -0.335 e. The van der Waals surface area contributed by atoms with Crippen LogP contribution in [0.25, 0.3) is 0 Å². The molecule has 1 saturated heterocycles. The topological polar surface area (TPSA) is 43.9 Å². The van der Waals surface area contributed by atoms with Crippen molar-refractivity contribution in [3.05, 3.63) is 0 Å². The standard InChI is InChI=1S/C24H43N3O2/c1-7-19(15-25(6)13-16(2)3)21-10-11-22-23(12-21)26(24(29)20-8-9-20)14-17(4)27(22)18(5)28/h16-17,19-23H,7-15H2,1-6H3. The summed E-state index contributed by atoms with van der Waals surface area (Å²) in [7, 11) is 2.25. The monoisotopic (exact) mass is 405 g/mol. The Morgan fingerprint density at radius 1 is 1.07 bits per heavy atom. The van der Waals surface area contributed by atoms with Gasteiger partial charge in [0.1, 0.15) is 0 Å². The number of carbonyl (C=O) groups excluding carboxylic acids is 2. The van der Waals surface area contributed by atoms with Gasteiger partial charge < -0.3 is 14.7 Å². The summed E-state index contributed by atoms with van der Waals surface area (Å²) in [5, 5.41) is 0. The van der Waals surface area contributed by atoms with Gasteiger partial charge in [-0.1, -0.05) is 27.2 Å². The molecule has 3 rings (SSSR count). The van der Waals surface area contributed by atoms with E-state index >= 15 is 0 Å². The highest BCUT2D eigenvalue weighted by molar-refractivity contribution is 5.82. The predicted octanol–water partition coefficient (Wildman–Crippen LogP) is 3.63. The number of fused-ring (bicyclic) bond motifs is 1. The number of hydrogen-bond acceptors (Lipinski definition) is 3. The van der Waals surface area contributed by atoms with Crippen LogP contribution in [0.2, 0.25) is 0 Å². The van der Waals surface area contributed by atoms with Gasteiger partial charge in [-0.25, -0.2) is 0 Å². The average molecular weight is 406 g/mol. The van der Waals surface area contributed by atoms with Gasteiger partial charge in [0.05, 0.1) is 12.1 Å². The molecule has 5 nitrogen and oxygen atoms in total. The van der Waals surface area contributed by atoms with Crippen LogP contribution >= 0.6 is 0 Å². The first kappa shape index (κ1) is 22.6. The summed E-state index contributed by atoms with van der Waals surface area (Å²) in [6.45, 7) is 13.7. The van der Waals surface area contributed by atoms with E-state index in [-0.39, 0.29) is 30.0 Å². The molecule has 3 fully saturated rings. The summed E-state index contributed by atoms with van der Waals surface area (Å²) in [5.74, 6) is 2.79. The Morgan fingerprint density at radius 2 is 1.76 bits per heavy atom. The Bertz CT molecular complexity index is 589. The Labute approximate surface area is 178 Å². The molecule has 2 amide bonds. The fourth-order valence-corrected chi connectivity index (χ4v) is 6.16. The average Bonchev–Trinajstić information content (AvgIpc) is 3.48. The first-order chi connectivity index (χ1) is 13.7. The van der Waals surface area contributed by atoms with Crippen LogP contribution in [0.1, 0.15) is 73.1 Å². The van der Waals surface area contributed by atoms with Gasteiger partial charge in [-0.05, 0) is 63.8 Å². The Morgan fingerprint density at radius 3 is 2.31 bits per heavy atom. The van der Waals surface area contributed by atoms with Crippen LogP contribution in [-0.4, -0.2) is 71.3 Å². The highest BCUT2D eigenvalue weighted by Gasteiger charge is 2.49. The van der Waals surface area contributed by atoms with Crippen LogP contribution < -0.4 is 0 Å². The third-order valence-corrected chi connectivity index (χ3v) is 7.50. The fourth-order valence-electron chi connectivity index (χ4n) is 6.16. The predicted molar refractivity (Wildman–Crippen MR) is 117 cm³/mol. The molecule has 0 aromatic heterocycles. The van der Waals surface area contributed by atoms with Crippen LogP contribution in [0, 0.1) is 23.7 Å². The molecule has 3 aliphatic rings. The van der Waals surface area contributed by atoms with Gasteiger partial charge >= 0.3 is 0 Å². The van der Waals surface area contributed by atoms with Crippen molar-refractivity contribution < 1.29 is 9.59 Å². The molecular weight excluding hydrogens is 362 g/mol. The zero-order valence-electron chi connectivity index (χ0n) is 19.6. The van der Waals surface area contributed by atoms with Crippen LogP contribution in [0.4, 0.5) is 0 Å². The highest BCUT2D eigenvalue weighted by Crippen LogP contribution is 2.42. The molecule has 0 radical (unpaired) electrons. The molecule has 166 valence electrons. The highest BCUT2D eigenvalue weighted by atomic mass is 16.2. The van der Waals surface area contributed by atoms with E-state index < -0.39 is 0 Å². The van der Waals surface area contributed by atoms with Gasteiger partial charge in [0.15, 0.2) is 0 Å². The van der Waals surface area contributed by atoms with Crippen molar-refractivity contribution in [3.63, 3.8) is 0 Å². The van der Waals surface area contributed by atoms with Crippen molar-refractivity contribution in [2.24, 2.45) is 23.7 Å². The van der Waals surface area contributed by atoms with E-state index in [1.165, 1.54) is 12.8 Å². The van der Waals surface area contributed by atoms with Crippen LogP contribution in [0.15, 0.2) is 0 Å². The van der Waals surface area contributed by atoms with E-state index in [0.717, 1.165) is 38.8 Å². The summed E-state index contributed by atoms with van der Waals surface area (Å²) in [5.41, 5.74) is 0. The second-order valence-electron chi connectivity index (χ2n) is 10.5. The summed E-state index contributed by atoms with van der Waals surface area (Å²) >= 11 is 0. The number of rotatable bonds is 7. The number of carbonyl (C=O) groups is 2. The molecule has 5 unspecified atom stereocenters. The third kappa shape index (κ3) is 5.15. The largest absolute Gasteiger partial charge is 0.335 e. The van der Waals surface area contributed by atoms with Crippen molar-refractivity contribution in [1.82, 2.24) is 14.7 Å². The lowest BCUT2D eigenvalue weighted by atomic mass is 9.72. The zero-order chi connectivity index (χ0) is 21.3. The Kier molecular flexibility index (Phi) is 7.29. The van der Waals surface area contributed by atoms with E-state index in [1.807, 2.05) is 0 Å². The van der Waals surface area contributed by atoms with Gasteiger partial charge in [-0.3, -0.25) is 9.59 Å². The second kappa shape index (κ2) is 9.36. The quantitative estimate of drug-likeness (QED) is 0.650. The molecule has 0 aromatic rings. The second-order valence-corrected chi connectivity index (χ2v) is 10.5. The first-order valence-electron chi connectivity index (χ1n) is 12.0. The Balaban J connectivity index is 1.75. The molecule has 0 bridgehead atoms. The molecule has 0 aromatic carbocycles. The first-order valence-corrected chi connectivity index (χ1v) is 12.0. The maximum absolute atomic E-state index is 13.1. The van der Waals surface area contributed by atoms with Crippen LogP contribution in [0.3, 0.4) is 0 Å². The molecule has 5 atom stereocenters. The van der Waals surface area contributed by atoms with Crippen molar-refractivity contribution >= 4 is 11.8 Å². The molecule has 29 heavy (non-hydrogen) atoms. The smallest absolute Gasteiger partial charge is 0.226 e. The van der Waals surface area contributed by atoms with Crippen molar-refractivity contribution in [2.45, 2.75) is 91.3 Å². The van der Waals surface area contributed by atoms with E-state index in [9.17, 15) is 9.59 Å². The maximum atomic E-state index is 13.1. The number of amides is 2. The SMILES string of the molecule is CCC(CN(C)CC(C)C)C1CCC2C(C1)N(C(=O)C1CC1)CC(C)N2C(C)=O. The van der Waals surface area contributed by atoms with Crippen LogP contribution in [-0.2, 0) is 9.59 Å². The molecule has 5 heteroatoms. The minimum atomic E-state index is 0.132. The summed E-state index contributed by atoms with van der Waals surface area (Å²) in [6, 6.07) is 0.555. The van der Waals surface area contributed by atoms with Gasteiger partial charge in [0, 0.05) is 38.5 Å². The van der Waals surface area contributed by atoms with Gasteiger partial charge in [0.25, 0.3) is 0 Å². The molecular formula is C24H43N3O2. The lowest BCUT2D eigenvalue weighted by Crippen LogP contribution is -2.67. The lowest BCUT2D eigenvalue weighted by Gasteiger charge is -2.55. The van der Waals surface area contributed by atoms with Crippen LogP contribution in [0.5, 0.6) is 0 Å². The fraction of sp³-hybridized carbons (Fsp3) is 0.917. The number of nitrogens with zero attached hydrogens (tertiary/aromatic N) is 3. The van der Waals surface area contributed by atoms with Gasteiger partial charge in [-0.2, -0.15) is 0 Å². The molecule has 0 spiro atoms. The van der Waals surface area contributed by atoms with E-state index in [0.29, 0.717) is 30.2 Å². The zero-order valence-corrected chi connectivity index (χ0v) is 19.6. The molecule has 2 aliphatic carbocycles. The van der Waals surface area contributed by atoms with Gasteiger partial charge in [-0.15, -0.1) is 0 Å². The third-order valence-electron chi connectivity index (χ3n) is 7.50. The molecule has 1 heterocycles. The molecule has 1 aliphatic heterocycles. The lowest BCUT2D eigenvalue weighted by molar-refractivity contribution is -0.155. The summed E-state index contributed by atoms with van der Waals surface area (Å²) < 4.78 is 0. The number of hydrogen-bond donors (Lipinski definition) is 0. The van der Waals surface area contributed by atoms with E-state index in [2.05, 4.69) is 49.4 Å². The van der Waals surface area contributed by atoms with Crippen molar-refractivity contribution in [1.29, 1.82) is 0 Å². The van der Waals surface area contributed by atoms with E-state index in [4.69, 9.17) is 0 Å². The van der Waals surface area contributed by atoms with Crippen molar-refractivity contribution in [2.75, 3.05) is 26.7 Å². The maximum Gasteiger partial charge on any atom is 0.226 e.